The summed E-state index contributed by atoms with van der Waals surface area (Å²) in [5.41, 5.74) is 1.06. The maximum atomic E-state index is 13.0. The van der Waals surface area contributed by atoms with Gasteiger partial charge in [0.25, 0.3) is 0 Å². The molecule has 10 nitrogen and oxygen atoms in total. The lowest BCUT2D eigenvalue weighted by Crippen LogP contribution is -2.49. The molecule has 3 aromatic heterocycles. The lowest BCUT2D eigenvalue weighted by molar-refractivity contribution is 0.383. The van der Waals surface area contributed by atoms with Crippen molar-refractivity contribution in [2.45, 2.75) is 25.7 Å². The molecular formula is C17H22N8O2S. The summed E-state index contributed by atoms with van der Waals surface area (Å²) in [7, 11) is -3.56. The topological polar surface area (TPSA) is 113 Å². The van der Waals surface area contributed by atoms with Crippen LogP contribution in [0, 0.1) is 20.8 Å². The summed E-state index contributed by atoms with van der Waals surface area (Å²) in [5, 5.41) is 15.3. The maximum Gasteiger partial charge on any atom is 0.246 e. The summed E-state index contributed by atoms with van der Waals surface area (Å²) in [6.45, 7) is 7.19. The molecule has 3 aromatic rings. The SMILES string of the molecule is Cc1n[nH]c(C)c1S(=O)(=O)N1CCN(c2ccc(-n3ccnc3C)nn2)CC1. The standard InChI is InChI=1S/C17H22N8O2S/c1-12-17(13(2)20-19-12)28(26,27)24-10-8-23(9-11-24)15-4-5-16(22-21-15)25-7-6-18-14(25)3/h4-7H,8-11H2,1-3H3,(H,19,20). The molecule has 4 rings (SSSR count). The van der Waals surface area contributed by atoms with Crippen LogP contribution in [-0.2, 0) is 10.0 Å². The zero-order valence-electron chi connectivity index (χ0n) is 16.0. The number of H-pyrrole nitrogens is 1. The van der Waals surface area contributed by atoms with Gasteiger partial charge in [0.05, 0.1) is 11.4 Å². The van der Waals surface area contributed by atoms with E-state index in [1.54, 1.807) is 20.0 Å². The molecule has 4 heterocycles. The lowest BCUT2D eigenvalue weighted by Gasteiger charge is -2.34. The minimum absolute atomic E-state index is 0.279. The number of aryl methyl sites for hydroxylation is 3. The van der Waals surface area contributed by atoms with Gasteiger partial charge in [0.2, 0.25) is 10.0 Å². The summed E-state index contributed by atoms with van der Waals surface area (Å²) in [5.74, 6) is 2.27. The fourth-order valence-electron chi connectivity index (χ4n) is 3.44. The summed E-state index contributed by atoms with van der Waals surface area (Å²) in [4.78, 5) is 6.50. The Balaban J connectivity index is 1.46. The van der Waals surface area contributed by atoms with Crippen LogP contribution in [-0.4, -0.2) is 68.8 Å². The van der Waals surface area contributed by atoms with Crippen molar-refractivity contribution in [2.75, 3.05) is 31.1 Å². The highest BCUT2D eigenvalue weighted by atomic mass is 32.2. The van der Waals surface area contributed by atoms with Gasteiger partial charge < -0.3 is 4.90 Å². The largest absolute Gasteiger partial charge is 0.352 e. The van der Waals surface area contributed by atoms with Crippen molar-refractivity contribution in [3.63, 3.8) is 0 Å². The van der Waals surface area contributed by atoms with E-state index in [-0.39, 0.29) is 4.90 Å². The van der Waals surface area contributed by atoms with Crippen molar-refractivity contribution >= 4 is 15.8 Å². The van der Waals surface area contributed by atoms with Crippen molar-refractivity contribution in [3.05, 3.63) is 41.7 Å². The van der Waals surface area contributed by atoms with Crippen LogP contribution < -0.4 is 4.90 Å². The maximum absolute atomic E-state index is 13.0. The monoisotopic (exact) mass is 402 g/mol. The van der Waals surface area contributed by atoms with Crippen molar-refractivity contribution in [1.82, 2.24) is 34.3 Å². The molecule has 1 aliphatic rings. The van der Waals surface area contributed by atoms with Crippen LogP contribution in [0.25, 0.3) is 5.82 Å². The van der Waals surface area contributed by atoms with E-state index >= 15 is 0 Å². The molecule has 1 aliphatic heterocycles. The molecular weight excluding hydrogens is 380 g/mol. The summed E-state index contributed by atoms with van der Waals surface area (Å²) in [6, 6.07) is 3.79. The zero-order valence-corrected chi connectivity index (χ0v) is 16.8. The van der Waals surface area contributed by atoms with Gasteiger partial charge in [-0.3, -0.25) is 9.67 Å². The van der Waals surface area contributed by atoms with Gasteiger partial charge in [-0.1, -0.05) is 0 Å². The molecule has 1 saturated heterocycles. The Morgan fingerprint density at radius 3 is 2.21 bits per heavy atom. The Kier molecular flexibility index (Phi) is 4.63. The molecule has 0 atom stereocenters. The Morgan fingerprint density at radius 1 is 1.00 bits per heavy atom. The molecule has 11 heteroatoms. The predicted octanol–water partition coefficient (Wildman–Crippen LogP) is 0.822. The number of nitrogens with one attached hydrogen (secondary N) is 1. The fourth-order valence-corrected chi connectivity index (χ4v) is 5.20. The van der Waals surface area contributed by atoms with Crippen LogP contribution in [0.3, 0.4) is 0 Å². The van der Waals surface area contributed by atoms with Crippen molar-refractivity contribution in [1.29, 1.82) is 0 Å². The first-order chi connectivity index (χ1) is 13.4. The number of sulfonamides is 1. The van der Waals surface area contributed by atoms with Crippen LogP contribution in [0.15, 0.2) is 29.4 Å². The van der Waals surface area contributed by atoms with Crippen LogP contribution in [0.2, 0.25) is 0 Å². The third-order valence-corrected chi connectivity index (χ3v) is 7.09. The van der Waals surface area contributed by atoms with E-state index in [2.05, 4.69) is 25.4 Å². The highest BCUT2D eigenvalue weighted by molar-refractivity contribution is 7.89. The molecule has 148 valence electrons. The molecule has 0 spiro atoms. The smallest absolute Gasteiger partial charge is 0.246 e. The van der Waals surface area contributed by atoms with Gasteiger partial charge in [0.1, 0.15) is 10.7 Å². The summed E-state index contributed by atoms with van der Waals surface area (Å²) < 4.78 is 29.3. The van der Waals surface area contributed by atoms with Gasteiger partial charge >= 0.3 is 0 Å². The van der Waals surface area contributed by atoms with Crippen LogP contribution in [0.5, 0.6) is 0 Å². The number of imidazole rings is 1. The first kappa shape index (κ1) is 18.6. The number of rotatable bonds is 4. The highest BCUT2D eigenvalue weighted by Crippen LogP contribution is 2.24. The number of hydrogen-bond donors (Lipinski definition) is 1. The van der Waals surface area contributed by atoms with Gasteiger partial charge in [0.15, 0.2) is 11.6 Å². The summed E-state index contributed by atoms with van der Waals surface area (Å²) >= 11 is 0. The second-order valence-corrected chi connectivity index (χ2v) is 8.62. The minimum Gasteiger partial charge on any atom is -0.352 e. The molecule has 0 saturated carbocycles. The van der Waals surface area contributed by atoms with Gasteiger partial charge in [-0.05, 0) is 32.9 Å². The van der Waals surface area contributed by atoms with E-state index in [9.17, 15) is 8.42 Å². The molecule has 0 bridgehead atoms. The fraction of sp³-hybridized carbons (Fsp3) is 0.412. The van der Waals surface area contributed by atoms with Crippen LogP contribution >= 0.6 is 0 Å². The molecule has 0 aromatic carbocycles. The minimum atomic E-state index is -3.56. The number of nitrogens with zero attached hydrogens (tertiary/aromatic N) is 7. The number of hydrogen-bond acceptors (Lipinski definition) is 7. The molecule has 1 N–H and O–H groups in total. The molecule has 0 radical (unpaired) electrons. The number of anilines is 1. The van der Waals surface area contributed by atoms with Gasteiger partial charge in [-0.25, -0.2) is 13.4 Å². The second-order valence-electron chi connectivity index (χ2n) is 6.75. The van der Waals surface area contributed by atoms with E-state index in [0.717, 1.165) is 11.6 Å². The number of aromatic nitrogens is 6. The Morgan fingerprint density at radius 2 is 1.68 bits per heavy atom. The van der Waals surface area contributed by atoms with Crippen LogP contribution in [0.1, 0.15) is 17.2 Å². The first-order valence-corrected chi connectivity index (χ1v) is 10.4. The highest BCUT2D eigenvalue weighted by Gasteiger charge is 2.32. The van der Waals surface area contributed by atoms with Crippen LogP contribution in [0.4, 0.5) is 5.82 Å². The van der Waals surface area contributed by atoms with E-state index in [0.29, 0.717) is 43.4 Å². The molecule has 0 amide bonds. The number of piperazine rings is 1. The number of aromatic amines is 1. The molecule has 0 aliphatic carbocycles. The zero-order chi connectivity index (χ0) is 19.9. The van der Waals surface area contributed by atoms with Crippen molar-refractivity contribution < 1.29 is 8.42 Å². The third-order valence-electron chi connectivity index (χ3n) is 4.93. The average molecular weight is 402 g/mol. The summed E-state index contributed by atoms with van der Waals surface area (Å²) in [6.07, 6.45) is 3.55. The van der Waals surface area contributed by atoms with Crippen molar-refractivity contribution in [2.24, 2.45) is 0 Å². The molecule has 1 fully saturated rings. The normalized spacial score (nSPS) is 15.9. The second kappa shape index (κ2) is 6.99. The van der Waals surface area contributed by atoms with Gasteiger partial charge in [-0.2, -0.15) is 9.40 Å². The Labute approximate surface area is 163 Å². The van der Waals surface area contributed by atoms with E-state index in [4.69, 9.17) is 0 Å². The third kappa shape index (κ3) is 3.16. The van der Waals surface area contributed by atoms with E-state index in [1.807, 2.05) is 34.7 Å². The quantitative estimate of drug-likeness (QED) is 0.687. The van der Waals surface area contributed by atoms with Gasteiger partial charge in [-0.15, -0.1) is 10.2 Å². The van der Waals surface area contributed by atoms with E-state index < -0.39 is 10.0 Å². The Hall–Kier alpha value is -2.79. The molecule has 0 unspecified atom stereocenters. The molecule has 28 heavy (non-hydrogen) atoms. The van der Waals surface area contributed by atoms with Gasteiger partial charge in [0, 0.05) is 38.6 Å². The first-order valence-electron chi connectivity index (χ1n) is 8.98. The van der Waals surface area contributed by atoms with E-state index in [1.165, 1.54) is 4.31 Å². The lowest BCUT2D eigenvalue weighted by atomic mass is 10.3. The Bertz CT molecular complexity index is 1060. The average Bonchev–Trinajstić information content (AvgIpc) is 3.27. The predicted molar refractivity (Wildman–Crippen MR) is 103 cm³/mol. The van der Waals surface area contributed by atoms with Crippen molar-refractivity contribution in [3.8, 4) is 5.82 Å².